The third kappa shape index (κ3) is 6.81. The topological polar surface area (TPSA) is 32.3 Å². The van der Waals surface area contributed by atoms with E-state index in [1.807, 2.05) is 24.3 Å². The largest absolute Gasteiger partial charge is 0.364 e. The number of piperidine rings is 1. The van der Waals surface area contributed by atoms with Crippen molar-refractivity contribution in [3.05, 3.63) is 137 Å². The van der Waals surface area contributed by atoms with Gasteiger partial charge in [0.15, 0.2) is 23.3 Å². The summed E-state index contributed by atoms with van der Waals surface area (Å²) in [6.07, 6.45) is 5.33. The van der Waals surface area contributed by atoms with Crippen LogP contribution in [0, 0.1) is 30.2 Å². The van der Waals surface area contributed by atoms with Gasteiger partial charge in [-0.25, -0.2) is 17.6 Å². The predicted molar refractivity (Wildman–Crippen MR) is 165 cm³/mol. The fourth-order valence-electron chi connectivity index (χ4n) is 5.78. The van der Waals surface area contributed by atoms with E-state index in [-0.39, 0.29) is 0 Å². The van der Waals surface area contributed by atoms with Crippen LogP contribution in [0.4, 0.5) is 23.2 Å². The number of aromatic nitrogens is 2. The van der Waals surface area contributed by atoms with Crippen molar-refractivity contribution in [2.45, 2.75) is 38.9 Å². The highest BCUT2D eigenvalue weighted by atomic mass is 19.2. The maximum atomic E-state index is 13.9. The smallest absolute Gasteiger partial charge is 0.159 e. The Balaban J connectivity index is 1.16. The average molecular weight is 597 g/mol. The minimum Gasteiger partial charge on any atom is -0.364 e. The van der Waals surface area contributed by atoms with E-state index in [2.05, 4.69) is 51.0 Å². The zero-order valence-electron chi connectivity index (χ0n) is 24.4. The third-order valence-electron chi connectivity index (χ3n) is 8.20. The van der Waals surface area contributed by atoms with Crippen molar-refractivity contribution in [1.29, 1.82) is 0 Å². The first-order valence-corrected chi connectivity index (χ1v) is 14.7. The number of benzene rings is 3. The van der Waals surface area contributed by atoms with E-state index >= 15 is 0 Å². The summed E-state index contributed by atoms with van der Waals surface area (Å²) < 4.78 is 54.7. The first kappa shape index (κ1) is 29.5. The SMILES string of the molecule is Cc1ccc(N(Cc2ccnc(-c3ccc(F)c(F)c3)c2)C2CCN(Cc3ccnc(-c4ccc(F)c(F)c4)c3)CC2)cc1. The summed E-state index contributed by atoms with van der Waals surface area (Å²) in [6.45, 7) is 5.24. The average Bonchev–Trinajstić information content (AvgIpc) is 3.04. The van der Waals surface area contributed by atoms with E-state index < -0.39 is 23.3 Å². The van der Waals surface area contributed by atoms with Crippen LogP contribution in [0.15, 0.2) is 97.3 Å². The van der Waals surface area contributed by atoms with Gasteiger partial charge in [0.2, 0.25) is 0 Å². The zero-order chi connectivity index (χ0) is 30.6. The maximum Gasteiger partial charge on any atom is 0.159 e. The highest BCUT2D eigenvalue weighted by Gasteiger charge is 2.26. The molecule has 0 spiro atoms. The quantitative estimate of drug-likeness (QED) is 0.169. The van der Waals surface area contributed by atoms with Crippen LogP contribution in [0.2, 0.25) is 0 Å². The molecule has 1 aliphatic rings. The molecule has 3 aromatic carbocycles. The highest BCUT2D eigenvalue weighted by molar-refractivity contribution is 5.61. The maximum absolute atomic E-state index is 13.9. The number of hydrogen-bond donors (Lipinski definition) is 0. The van der Waals surface area contributed by atoms with Crippen LogP contribution in [-0.4, -0.2) is 34.0 Å². The van der Waals surface area contributed by atoms with Crippen LogP contribution in [0.5, 0.6) is 0 Å². The fraction of sp³-hybridized carbons (Fsp3) is 0.222. The van der Waals surface area contributed by atoms with Crippen molar-refractivity contribution < 1.29 is 17.6 Å². The first-order valence-electron chi connectivity index (χ1n) is 14.7. The summed E-state index contributed by atoms with van der Waals surface area (Å²) in [4.78, 5) is 13.6. The lowest BCUT2D eigenvalue weighted by Gasteiger charge is -2.40. The fourth-order valence-corrected chi connectivity index (χ4v) is 5.78. The van der Waals surface area contributed by atoms with Gasteiger partial charge in [-0.2, -0.15) is 0 Å². The Morgan fingerprint density at radius 2 is 1.20 bits per heavy atom. The van der Waals surface area contributed by atoms with Gasteiger partial charge < -0.3 is 4.90 Å². The minimum atomic E-state index is -0.893. The number of hydrogen-bond acceptors (Lipinski definition) is 4. The molecule has 44 heavy (non-hydrogen) atoms. The Morgan fingerprint density at radius 1 is 0.659 bits per heavy atom. The molecule has 0 atom stereocenters. The molecule has 0 amide bonds. The van der Waals surface area contributed by atoms with Gasteiger partial charge in [-0.1, -0.05) is 17.7 Å². The van der Waals surface area contributed by atoms with E-state index in [1.165, 1.54) is 17.7 Å². The number of anilines is 1. The molecule has 224 valence electrons. The number of pyridine rings is 2. The monoisotopic (exact) mass is 596 g/mol. The van der Waals surface area contributed by atoms with Gasteiger partial charge >= 0.3 is 0 Å². The molecule has 0 saturated carbocycles. The van der Waals surface area contributed by atoms with Crippen LogP contribution in [0.3, 0.4) is 0 Å². The molecular weight excluding hydrogens is 564 g/mol. The van der Waals surface area contributed by atoms with E-state index in [0.29, 0.717) is 35.1 Å². The lowest BCUT2D eigenvalue weighted by Crippen LogP contribution is -2.44. The summed E-state index contributed by atoms with van der Waals surface area (Å²) in [7, 11) is 0. The van der Waals surface area contributed by atoms with Crippen LogP contribution in [-0.2, 0) is 13.1 Å². The molecule has 4 nitrogen and oxygen atoms in total. The molecular formula is C36H32F4N4. The van der Waals surface area contributed by atoms with E-state index in [0.717, 1.165) is 61.4 Å². The molecule has 3 heterocycles. The van der Waals surface area contributed by atoms with Crippen molar-refractivity contribution in [3.63, 3.8) is 0 Å². The molecule has 1 aliphatic heterocycles. The zero-order valence-corrected chi connectivity index (χ0v) is 24.4. The van der Waals surface area contributed by atoms with Crippen LogP contribution in [0.25, 0.3) is 22.5 Å². The molecule has 0 bridgehead atoms. The number of rotatable bonds is 8. The van der Waals surface area contributed by atoms with E-state index in [4.69, 9.17) is 0 Å². The van der Waals surface area contributed by atoms with E-state index in [9.17, 15) is 17.6 Å². The summed E-state index contributed by atoms with van der Waals surface area (Å²) in [5.74, 6) is -3.54. The van der Waals surface area contributed by atoms with Crippen molar-refractivity contribution in [2.75, 3.05) is 18.0 Å². The van der Waals surface area contributed by atoms with Gasteiger partial charge in [-0.05, 0) is 104 Å². The highest BCUT2D eigenvalue weighted by Crippen LogP contribution is 2.29. The molecule has 6 rings (SSSR count). The van der Waals surface area contributed by atoms with Gasteiger partial charge in [0.05, 0.1) is 11.4 Å². The molecule has 2 aromatic heterocycles. The van der Waals surface area contributed by atoms with Gasteiger partial charge in [-0.3, -0.25) is 14.9 Å². The van der Waals surface area contributed by atoms with Crippen LogP contribution in [0.1, 0.15) is 29.5 Å². The number of halogens is 4. The predicted octanol–water partition coefficient (Wildman–Crippen LogP) is 8.35. The number of likely N-dealkylation sites (tertiary alicyclic amines) is 1. The molecule has 8 heteroatoms. The van der Waals surface area contributed by atoms with Gasteiger partial charge in [0.25, 0.3) is 0 Å². The van der Waals surface area contributed by atoms with Crippen molar-refractivity contribution in [2.24, 2.45) is 0 Å². The van der Waals surface area contributed by atoms with Gasteiger partial charge in [-0.15, -0.1) is 0 Å². The van der Waals surface area contributed by atoms with Crippen molar-refractivity contribution >= 4 is 5.69 Å². The third-order valence-corrected chi connectivity index (χ3v) is 8.20. The second kappa shape index (κ2) is 13.0. The van der Waals surface area contributed by atoms with E-state index in [1.54, 1.807) is 24.5 Å². The molecule has 0 radical (unpaired) electrons. The Hall–Kier alpha value is -4.56. The summed E-state index contributed by atoms with van der Waals surface area (Å²) >= 11 is 0. The Bertz CT molecular complexity index is 1750. The van der Waals surface area contributed by atoms with Crippen LogP contribution < -0.4 is 4.90 Å². The van der Waals surface area contributed by atoms with Gasteiger partial charge in [0, 0.05) is 61.4 Å². The molecule has 0 unspecified atom stereocenters. The molecule has 0 aliphatic carbocycles. The van der Waals surface area contributed by atoms with Crippen molar-refractivity contribution in [1.82, 2.24) is 14.9 Å². The Labute approximate surface area is 254 Å². The normalized spacial score (nSPS) is 14.1. The molecule has 0 N–H and O–H groups in total. The number of aryl methyl sites for hydroxylation is 1. The summed E-state index contributed by atoms with van der Waals surface area (Å²) in [5, 5.41) is 0. The lowest BCUT2D eigenvalue weighted by atomic mass is 10.00. The lowest BCUT2D eigenvalue weighted by molar-refractivity contribution is 0.201. The molecule has 5 aromatic rings. The van der Waals surface area contributed by atoms with Gasteiger partial charge in [0.1, 0.15) is 0 Å². The standard InChI is InChI=1S/C36H32F4N4/c1-24-2-6-29(7-3-24)44(23-26-11-15-42-36(19-26)28-5-9-32(38)34(40)21-28)30-12-16-43(17-13-30)22-25-10-14-41-35(18-25)27-4-8-31(37)33(39)20-27/h2-11,14-15,18-21,30H,12-13,16-17,22-23H2,1H3. The minimum absolute atomic E-state index is 0.295. The Morgan fingerprint density at radius 3 is 1.77 bits per heavy atom. The van der Waals surface area contributed by atoms with Crippen LogP contribution >= 0.6 is 0 Å². The van der Waals surface area contributed by atoms with Crippen molar-refractivity contribution in [3.8, 4) is 22.5 Å². The molecule has 1 fully saturated rings. The summed E-state index contributed by atoms with van der Waals surface area (Å²) in [5.41, 5.74) is 6.70. The number of nitrogens with zero attached hydrogens (tertiary/aromatic N) is 4. The Kier molecular flexibility index (Phi) is 8.70. The second-order valence-corrected chi connectivity index (χ2v) is 11.3. The first-order chi connectivity index (χ1) is 21.3. The molecule has 1 saturated heterocycles. The second-order valence-electron chi connectivity index (χ2n) is 11.3. The summed E-state index contributed by atoms with van der Waals surface area (Å²) in [6, 6.07) is 24.3.